The van der Waals surface area contributed by atoms with Gasteiger partial charge in [-0.1, -0.05) is 6.07 Å². The number of rotatable bonds is 3. The lowest BCUT2D eigenvalue weighted by atomic mass is 10.0. The first kappa shape index (κ1) is 15.8. The minimum absolute atomic E-state index is 0.117. The molecule has 5 nitrogen and oxygen atoms in total. The maximum absolute atomic E-state index is 14.0. The predicted octanol–water partition coefficient (Wildman–Crippen LogP) is 3.89. The average Bonchev–Trinajstić information content (AvgIpc) is 3.30. The van der Waals surface area contributed by atoms with Crippen molar-refractivity contribution in [2.75, 3.05) is 5.32 Å². The number of carbonyl (C=O) groups is 1. The fourth-order valence-corrected chi connectivity index (χ4v) is 2.88. The van der Waals surface area contributed by atoms with Gasteiger partial charge in [-0.05, 0) is 42.0 Å². The van der Waals surface area contributed by atoms with Gasteiger partial charge >= 0.3 is 0 Å². The zero-order valence-corrected chi connectivity index (χ0v) is 13.5. The fourth-order valence-electron chi connectivity index (χ4n) is 2.88. The zero-order valence-electron chi connectivity index (χ0n) is 13.5. The molecule has 0 bridgehead atoms. The molecule has 1 amide bonds. The number of furan rings is 1. The third-order valence-corrected chi connectivity index (χ3v) is 4.17. The Morgan fingerprint density at radius 2 is 2.12 bits per heavy atom. The van der Waals surface area contributed by atoms with Crippen molar-refractivity contribution in [2.24, 2.45) is 4.99 Å². The van der Waals surface area contributed by atoms with E-state index in [2.05, 4.69) is 10.3 Å². The largest absolute Gasteiger partial charge is 0.472 e. The Kier molecular flexibility index (Phi) is 3.82. The van der Waals surface area contributed by atoms with Gasteiger partial charge in [-0.25, -0.2) is 4.39 Å². The van der Waals surface area contributed by atoms with Crippen molar-refractivity contribution in [1.29, 1.82) is 5.26 Å². The lowest BCUT2D eigenvalue weighted by Crippen LogP contribution is -2.14. The number of nitrogens with zero attached hydrogens (tertiary/aromatic N) is 2. The molecule has 2 aromatic carbocycles. The molecule has 6 heteroatoms. The summed E-state index contributed by atoms with van der Waals surface area (Å²) in [6, 6.07) is 12.9. The molecule has 0 unspecified atom stereocenters. The van der Waals surface area contributed by atoms with Gasteiger partial charge < -0.3 is 9.73 Å². The molecule has 26 heavy (non-hydrogen) atoms. The molecule has 126 valence electrons. The number of benzene rings is 2. The topological polar surface area (TPSA) is 78.4 Å². The van der Waals surface area contributed by atoms with Gasteiger partial charge in [0.25, 0.3) is 5.91 Å². The van der Waals surface area contributed by atoms with Crippen molar-refractivity contribution in [3.8, 4) is 6.07 Å². The van der Waals surface area contributed by atoms with Crippen molar-refractivity contribution in [3.63, 3.8) is 0 Å². The smallest absolute Gasteiger partial charge is 0.258 e. The van der Waals surface area contributed by atoms with E-state index in [0.29, 0.717) is 12.2 Å². The second kappa shape index (κ2) is 6.30. The minimum Gasteiger partial charge on any atom is -0.472 e. The number of hydrogen-bond acceptors (Lipinski definition) is 4. The predicted molar refractivity (Wildman–Crippen MR) is 93.6 cm³/mol. The number of halogens is 1. The molecule has 0 fully saturated rings. The lowest BCUT2D eigenvalue weighted by Gasteiger charge is -2.09. The van der Waals surface area contributed by atoms with E-state index in [4.69, 9.17) is 9.68 Å². The highest BCUT2D eigenvalue weighted by Crippen LogP contribution is 2.26. The van der Waals surface area contributed by atoms with Crippen LogP contribution in [0.2, 0.25) is 0 Å². The standard InChI is InChI=1S/C20H12FN3O2/c21-18-7-12(9-22)1-4-16(18)20(25)24-15-3-2-13-10-23-19(17(13)8-15)14-5-6-26-11-14/h1-8,11H,10H2,(H,24,25). The number of nitriles is 1. The fraction of sp³-hybridized carbons (Fsp3) is 0.0500. The molecule has 3 aromatic rings. The van der Waals surface area contributed by atoms with Crippen molar-refractivity contribution in [3.05, 3.63) is 88.6 Å². The summed E-state index contributed by atoms with van der Waals surface area (Å²) in [6.45, 7) is 0.564. The Labute approximate surface area is 148 Å². The van der Waals surface area contributed by atoms with E-state index in [1.165, 1.54) is 12.1 Å². The van der Waals surface area contributed by atoms with Crippen molar-refractivity contribution < 1.29 is 13.6 Å². The van der Waals surface area contributed by atoms with Crippen LogP contribution in [0.25, 0.3) is 0 Å². The number of hydrogen-bond donors (Lipinski definition) is 1. The number of fused-ring (bicyclic) bond motifs is 1. The monoisotopic (exact) mass is 345 g/mol. The summed E-state index contributed by atoms with van der Waals surface area (Å²) in [5, 5.41) is 11.5. The van der Waals surface area contributed by atoms with Crippen LogP contribution in [0.3, 0.4) is 0 Å². The SMILES string of the molecule is N#Cc1ccc(C(=O)Nc2ccc3c(c2)C(c2ccoc2)=NC3)c(F)c1. The molecule has 2 heterocycles. The summed E-state index contributed by atoms with van der Waals surface area (Å²) in [5.41, 5.74) is 4.20. The lowest BCUT2D eigenvalue weighted by molar-refractivity contribution is 0.102. The maximum atomic E-state index is 14.0. The highest BCUT2D eigenvalue weighted by molar-refractivity contribution is 6.15. The van der Waals surface area contributed by atoms with Gasteiger partial charge in [0.2, 0.25) is 0 Å². The molecule has 4 rings (SSSR count). The molecule has 1 aliphatic heterocycles. The summed E-state index contributed by atoms with van der Waals surface area (Å²) in [5.74, 6) is -1.31. The first-order chi connectivity index (χ1) is 12.7. The molecule has 0 atom stereocenters. The summed E-state index contributed by atoms with van der Waals surface area (Å²) in [7, 11) is 0. The van der Waals surface area contributed by atoms with Crippen molar-refractivity contribution >= 4 is 17.3 Å². The van der Waals surface area contributed by atoms with Crippen LogP contribution < -0.4 is 5.32 Å². The van der Waals surface area contributed by atoms with Crippen LogP contribution in [0.1, 0.15) is 32.6 Å². The highest BCUT2D eigenvalue weighted by atomic mass is 19.1. The van der Waals surface area contributed by atoms with E-state index >= 15 is 0 Å². The molecule has 1 N–H and O–H groups in total. The number of aliphatic imine (C=N–C) groups is 1. The second-order valence-corrected chi connectivity index (χ2v) is 5.81. The van der Waals surface area contributed by atoms with Gasteiger partial charge in [-0.15, -0.1) is 0 Å². The number of amides is 1. The molecule has 0 aliphatic carbocycles. The third-order valence-electron chi connectivity index (χ3n) is 4.17. The summed E-state index contributed by atoms with van der Waals surface area (Å²) in [6.07, 6.45) is 3.19. The van der Waals surface area contributed by atoms with E-state index in [-0.39, 0.29) is 11.1 Å². The van der Waals surface area contributed by atoms with E-state index in [9.17, 15) is 9.18 Å². The van der Waals surface area contributed by atoms with Crippen LogP contribution in [0.4, 0.5) is 10.1 Å². The van der Waals surface area contributed by atoms with Gasteiger partial charge in [0.05, 0.1) is 42.0 Å². The van der Waals surface area contributed by atoms with Gasteiger partial charge in [0.15, 0.2) is 0 Å². The van der Waals surface area contributed by atoms with E-state index in [1.54, 1.807) is 18.6 Å². The van der Waals surface area contributed by atoms with Crippen molar-refractivity contribution in [1.82, 2.24) is 0 Å². The Bertz CT molecular complexity index is 1080. The minimum atomic E-state index is -0.733. The van der Waals surface area contributed by atoms with Crippen LogP contribution in [0.5, 0.6) is 0 Å². The molecular formula is C20H12FN3O2. The Balaban J connectivity index is 1.61. The van der Waals surface area contributed by atoms with Crippen LogP contribution in [-0.4, -0.2) is 11.6 Å². The van der Waals surface area contributed by atoms with E-state index in [1.807, 2.05) is 24.3 Å². The van der Waals surface area contributed by atoms with Crippen LogP contribution in [0.15, 0.2) is 64.4 Å². The quantitative estimate of drug-likeness (QED) is 0.782. The maximum Gasteiger partial charge on any atom is 0.258 e. The Morgan fingerprint density at radius 3 is 2.85 bits per heavy atom. The normalized spacial score (nSPS) is 12.2. The van der Waals surface area contributed by atoms with Crippen LogP contribution >= 0.6 is 0 Å². The number of anilines is 1. The third kappa shape index (κ3) is 2.76. The van der Waals surface area contributed by atoms with Gasteiger partial charge in [0.1, 0.15) is 5.82 Å². The van der Waals surface area contributed by atoms with E-state index in [0.717, 1.165) is 28.5 Å². The molecule has 0 saturated carbocycles. The summed E-state index contributed by atoms with van der Waals surface area (Å²) in [4.78, 5) is 16.9. The van der Waals surface area contributed by atoms with Gasteiger partial charge in [-0.3, -0.25) is 9.79 Å². The molecule has 1 aliphatic rings. The highest BCUT2D eigenvalue weighted by Gasteiger charge is 2.20. The first-order valence-corrected chi connectivity index (χ1v) is 7.87. The molecule has 0 saturated heterocycles. The second-order valence-electron chi connectivity index (χ2n) is 5.81. The number of carbonyl (C=O) groups excluding carboxylic acids is 1. The Morgan fingerprint density at radius 1 is 1.23 bits per heavy atom. The van der Waals surface area contributed by atoms with Crippen LogP contribution in [-0.2, 0) is 6.54 Å². The average molecular weight is 345 g/mol. The van der Waals surface area contributed by atoms with Gasteiger partial charge in [-0.2, -0.15) is 5.26 Å². The molecule has 0 radical (unpaired) electrons. The van der Waals surface area contributed by atoms with Crippen LogP contribution in [0, 0.1) is 17.1 Å². The molecule has 1 aromatic heterocycles. The number of nitrogens with one attached hydrogen (secondary N) is 1. The first-order valence-electron chi connectivity index (χ1n) is 7.87. The van der Waals surface area contributed by atoms with Gasteiger partial charge in [0, 0.05) is 16.8 Å². The molecule has 0 spiro atoms. The zero-order chi connectivity index (χ0) is 18.1. The molecular weight excluding hydrogens is 333 g/mol. The summed E-state index contributed by atoms with van der Waals surface area (Å²) < 4.78 is 19.1. The Hall–Kier alpha value is -3.72. The van der Waals surface area contributed by atoms with E-state index < -0.39 is 11.7 Å². The summed E-state index contributed by atoms with van der Waals surface area (Å²) >= 11 is 0. The van der Waals surface area contributed by atoms with Crippen molar-refractivity contribution in [2.45, 2.75) is 6.54 Å².